The minimum Gasteiger partial charge on any atom is -0.353 e. The van der Waals surface area contributed by atoms with Gasteiger partial charge in [-0.15, -0.1) is 0 Å². The summed E-state index contributed by atoms with van der Waals surface area (Å²) in [6.07, 6.45) is 4.74. The van der Waals surface area contributed by atoms with Gasteiger partial charge in [0.2, 0.25) is 5.95 Å². The maximum atomic E-state index is 12.0. The van der Waals surface area contributed by atoms with Gasteiger partial charge in [-0.25, -0.2) is 18.4 Å². The van der Waals surface area contributed by atoms with E-state index in [0.29, 0.717) is 17.4 Å². The molecule has 1 N–H and O–H groups in total. The molecule has 3 aromatic rings. The molecule has 0 saturated carbocycles. The third-order valence-corrected chi connectivity index (χ3v) is 6.77. The van der Waals surface area contributed by atoms with E-state index in [1.807, 2.05) is 24.3 Å². The molecule has 1 saturated heterocycles. The molecule has 4 heterocycles. The van der Waals surface area contributed by atoms with Crippen molar-refractivity contribution in [3.05, 3.63) is 54.4 Å². The summed E-state index contributed by atoms with van der Waals surface area (Å²) >= 11 is 0. The Balaban J connectivity index is 1.44. The largest absolute Gasteiger partial charge is 0.353 e. The molecule has 0 atom stereocenters. The standard InChI is InChI=1S/C22H24N6O2S/c1-22(2)14-28(18-6-5-16(12-17(18)22)31(3,29)30)20-8-9-23-21(26-20)25-15-4-7-19(24-13-15)27-10-11-27/h4-9,12-13H,10-11,14H2,1-3H3,(H,23,25,26). The third-order valence-electron chi connectivity index (χ3n) is 5.66. The van der Waals surface area contributed by atoms with Crippen molar-refractivity contribution >= 4 is 38.8 Å². The molecule has 0 amide bonds. The highest BCUT2D eigenvalue weighted by atomic mass is 32.2. The van der Waals surface area contributed by atoms with Gasteiger partial charge in [0.15, 0.2) is 9.84 Å². The maximum absolute atomic E-state index is 12.0. The van der Waals surface area contributed by atoms with Crippen molar-refractivity contribution in [3.63, 3.8) is 0 Å². The number of nitrogens with zero attached hydrogens (tertiary/aromatic N) is 5. The smallest absolute Gasteiger partial charge is 0.229 e. The van der Waals surface area contributed by atoms with Gasteiger partial charge < -0.3 is 15.1 Å². The second kappa shape index (κ2) is 6.91. The van der Waals surface area contributed by atoms with Crippen LogP contribution in [0.3, 0.4) is 0 Å². The van der Waals surface area contributed by atoms with Gasteiger partial charge in [-0.05, 0) is 42.0 Å². The summed E-state index contributed by atoms with van der Waals surface area (Å²) in [4.78, 5) is 18.1. The summed E-state index contributed by atoms with van der Waals surface area (Å²) < 4.78 is 24.1. The van der Waals surface area contributed by atoms with Crippen molar-refractivity contribution < 1.29 is 8.42 Å². The Morgan fingerprint density at radius 2 is 1.84 bits per heavy atom. The van der Waals surface area contributed by atoms with Crippen molar-refractivity contribution in [2.75, 3.05) is 41.0 Å². The Labute approximate surface area is 181 Å². The Kier molecular flexibility index (Phi) is 4.40. The normalized spacial score (nSPS) is 16.9. The Morgan fingerprint density at radius 1 is 1.03 bits per heavy atom. The number of aromatic nitrogens is 3. The zero-order valence-electron chi connectivity index (χ0n) is 17.7. The minimum atomic E-state index is -3.27. The molecule has 1 aromatic carbocycles. The number of anilines is 5. The number of benzene rings is 1. The molecule has 0 radical (unpaired) electrons. The fourth-order valence-electron chi connectivity index (χ4n) is 3.91. The lowest BCUT2D eigenvalue weighted by Gasteiger charge is -2.21. The molecular formula is C22H24N6O2S. The van der Waals surface area contributed by atoms with Gasteiger partial charge in [0.1, 0.15) is 11.6 Å². The number of hydrogen-bond donors (Lipinski definition) is 1. The lowest BCUT2D eigenvalue weighted by Crippen LogP contribution is -2.25. The predicted octanol–water partition coefficient (Wildman–Crippen LogP) is 3.27. The van der Waals surface area contributed by atoms with Crippen LogP contribution in [0.4, 0.5) is 29.0 Å². The molecular weight excluding hydrogens is 412 g/mol. The van der Waals surface area contributed by atoms with Gasteiger partial charge >= 0.3 is 0 Å². The number of sulfone groups is 1. The Morgan fingerprint density at radius 3 is 2.52 bits per heavy atom. The van der Waals surface area contributed by atoms with Crippen LogP contribution in [0, 0.1) is 0 Å². The summed E-state index contributed by atoms with van der Waals surface area (Å²) in [5.41, 5.74) is 2.57. The number of pyridine rings is 1. The van der Waals surface area contributed by atoms with E-state index in [-0.39, 0.29) is 5.41 Å². The quantitative estimate of drug-likeness (QED) is 0.610. The van der Waals surface area contributed by atoms with E-state index in [0.717, 1.165) is 41.7 Å². The molecule has 9 heteroatoms. The van der Waals surface area contributed by atoms with E-state index >= 15 is 0 Å². The van der Waals surface area contributed by atoms with Gasteiger partial charge in [-0.1, -0.05) is 13.8 Å². The van der Waals surface area contributed by atoms with Crippen LogP contribution >= 0.6 is 0 Å². The first-order valence-corrected chi connectivity index (χ1v) is 12.0. The molecule has 2 aromatic heterocycles. The molecule has 5 rings (SSSR count). The topological polar surface area (TPSA) is 91.1 Å². The van der Waals surface area contributed by atoms with Gasteiger partial charge in [0, 0.05) is 43.2 Å². The van der Waals surface area contributed by atoms with Crippen LogP contribution in [0.1, 0.15) is 19.4 Å². The molecule has 2 aliphatic rings. The minimum absolute atomic E-state index is 0.216. The highest BCUT2D eigenvalue weighted by Gasteiger charge is 2.37. The second-order valence-corrected chi connectivity index (χ2v) is 10.7. The summed E-state index contributed by atoms with van der Waals surface area (Å²) in [6.45, 7) is 7.04. The van der Waals surface area contributed by atoms with Crippen LogP contribution in [-0.4, -0.2) is 49.3 Å². The molecule has 160 valence electrons. The number of fused-ring (bicyclic) bond motifs is 1. The first-order valence-electron chi connectivity index (χ1n) is 10.1. The monoisotopic (exact) mass is 436 g/mol. The van der Waals surface area contributed by atoms with Crippen LogP contribution in [0.25, 0.3) is 0 Å². The van der Waals surface area contributed by atoms with Crippen LogP contribution in [-0.2, 0) is 15.3 Å². The Hall–Kier alpha value is -3.20. The summed E-state index contributed by atoms with van der Waals surface area (Å²) in [7, 11) is -3.27. The van der Waals surface area contributed by atoms with E-state index < -0.39 is 9.84 Å². The molecule has 1 fully saturated rings. The van der Waals surface area contributed by atoms with Crippen molar-refractivity contribution in [1.29, 1.82) is 0 Å². The average molecular weight is 437 g/mol. The molecule has 31 heavy (non-hydrogen) atoms. The molecule has 0 unspecified atom stereocenters. The van der Waals surface area contributed by atoms with Crippen LogP contribution in [0.2, 0.25) is 0 Å². The van der Waals surface area contributed by atoms with Gasteiger partial charge in [0.25, 0.3) is 0 Å². The molecule has 0 spiro atoms. The van der Waals surface area contributed by atoms with Gasteiger partial charge in [-0.2, -0.15) is 4.98 Å². The summed E-state index contributed by atoms with van der Waals surface area (Å²) in [5, 5.41) is 3.22. The first-order chi connectivity index (χ1) is 14.7. The van der Waals surface area contributed by atoms with E-state index in [9.17, 15) is 8.42 Å². The molecule has 2 aliphatic heterocycles. The van der Waals surface area contributed by atoms with Gasteiger partial charge in [0.05, 0.1) is 16.8 Å². The molecule has 0 bridgehead atoms. The lowest BCUT2D eigenvalue weighted by molar-refractivity contribution is 0.566. The average Bonchev–Trinajstić information content (AvgIpc) is 3.53. The van der Waals surface area contributed by atoms with Crippen molar-refractivity contribution in [2.45, 2.75) is 24.2 Å². The zero-order chi connectivity index (χ0) is 21.8. The van der Waals surface area contributed by atoms with Crippen LogP contribution in [0.5, 0.6) is 0 Å². The first kappa shape index (κ1) is 19.7. The maximum Gasteiger partial charge on any atom is 0.229 e. The van der Waals surface area contributed by atoms with E-state index in [1.165, 1.54) is 6.26 Å². The van der Waals surface area contributed by atoms with Crippen LogP contribution in [0.15, 0.2) is 53.7 Å². The molecule has 8 nitrogen and oxygen atoms in total. The summed E-state index contributed by atoms with van der Waals surface area (Å²) in [5.74, 6) is 2.22. The van der Waals surface area contributed by atoms with Crippen LogP contribution < -0.4 is 15.1 Å². The SMILES string of the molecule is CC1(C)CN(c2ccnc(Nc3ccc(N4CC4)nc3)n2)c2ccc(S(C)(=O)=O)cc21. The number of hydrogen-bond acceptors (Lipinski definition) is 8. The number of nitrogens with one attached hydrogen (secondary N) is 1. The van der Waals surface area contributed by atoms with Crippen molar-refractivity contribution in [3.8, 4) is 0 Å². The van der Waals surface area contributed by atoms with E-state index in [2.05, 4.69) is 38.9 Å². The van der Waals surface area contributed by atoms with E-state index in [4.69, 9.17) is 4.98 Å². The number of rotatable bonds is 5. The zero-order valence-corrected chi connectivity index (χ0v) is 18.5. The van der Waals surface area contributed by atoms with Crippen molar-refractivity contribution in [2.24, 2.45) is 0 Å². The second-order valence-electron chi connectivity index (χ2n) is 8.68. The van der Waals surface area contributed by atoms with Crippen molar-refractivity contribution in [1.82, 2.24) is 15.0 Å². The Bertz CT molecular complexity index is 1250. The fourth-order valence-corrected chi connectivity index (χ4v) is 4.56. The third kappa shape index (κ3) is 3.81. The predicted molar refractivity (Wildman–Crippen MR) is 121 cm³/mol. The lowest BCUT2D eigenvalue weighted by atomic mass is 9.87. The van der Waals surface area contributed by atoms with E-state index in [1.54, 1.807) is 24.5 Å². The highest BCUT2D eigenvalue weighted by Crippen LogP contribution is 2.44. The van der Waals surface area contributed by atoms with Gasteiger partial charge in [-0.3, -0.25) is 0 Å². The molecule has 0 aliphatic carbocycles. The highest BCUT2D eigenvalue weighted by molar-refractivity contribution is 7.90. The fraction of sp³-hybridized carbons (Fsp3) is 0.318. The summed E-state index contributed by atoms with van der Waals surface area (Å²) in [6, 6.07) is 11.1.